The monoisotopic (exact) mass is 247 g/mol. The Labute approximate surface area is 109 Å². The van der Waals surface area contributed by atoms with Crippen molar-refractivity contribution in [1.29, 1.82) is 0 Å². The van der Waals surface area contributed by atoms with E-state index in [0.29, 0.717) is 12.0 Å². The van der Waals surface area contributed by atoms with Crippen molar-refractivity contribution in [2.45, 2.75) is 50.5 Å². The number of hydrogen-bond donors (Lipinski definition) is 1. The molecular formula is C16H22FN. The molecule has 0 saturated heterocycles. The molecular weight excluding hydrogens is 225 g/mol. The fourth-order valence-electron chi connectivity index (χ4n) is 2.95. The molecule has 1 aromatic rings. The second-order valence-electron chi connectivity index (χ2n) is 5.93. The fraction of sp³-hybridized carbons (Fsp3) is 0.625. The lowest BCUT2D eigenvalue weighted by Crippen LogP contribution is -2.40. The zero-order chi connectivity index (χ0) is 12.4. The van der Waals surface area contributed by atoms with Crippen LogP contribution in [0.4, 0.5) is 4.39 Å². The molecule has 1 aromatic carbocycles. The first kappa shape index (κ1) is 12.2. The summed E-state index contributed by atoms with van der Waals surface area (Å²) in [7, 11) is 0. The summed E-state index contributed by atoms with van der Waals surface area (Å²) in [5, 5.41) is 3.60. The standard InChI is InChI=1S/C16H22FN/c17-16-6-2-1-5-15(16)13-10-14(11-13)18-9-3-4-12-7-8-12/h1-2,5-6,12-14,18H,3-4,7-11H2. The van der Waals surface area contributed by atoms with E-state index in [0.717, 1.165) is 30.9 Å². The van der Waals surface area contributed by atoms with Gasteiger partial charge in [-0.15, -0.1) is 0 Å². The molecule has 0 unspecified atom stereocenters. The van der Waals surface area contributed by atoms with Gasteiger partial charge in [0.25, 0.3) is 0 Å². The summed E-state index contributed by atoms with van der Waals surface area (Å²) in [5.74, 6) is 1.45. The Bertz CT molecular complexity index is 394. The van der Waals surface area contributed by atoms with E-state index in [4.69, 9.17) is 0 Å². The summed E-state index contributed by atoms with van der Waals surface area (Å²) in [5.41, 5.74) is 0.911. The van der Waals surface area contributed by atoms with Crippen LogP contribution >= 0.6 is 0 Å². The van der Waals surface area contributed by atoms with Crippen molar-refractivity contribution in [3.8, 4) is 0 Å². The van der Waals surface area contributed by atoms with Crippen LogP contribution < -0.4 is 5.32 Å². The second-order valence-corrected chi connectivity index (χ2v) is 5.93. The van der Waals surface area contributed by atoms with Gasteiger partial charge in [-0.1, -0.05) is 31.0 Å². The molecule has 2 heteroatoms. The van der Waals surface area contributed by atoms with Crippen LogP contribution in [0.25, 0.3) is 0 Å². The Kier molecular flexibility index (Phi) is 3.64. The fourth-order valence-corrected chi connectivity index (χ4v) is 2.95. The molecule has 0 aliphatic heterocycles. The highest BCUT2D eigenvalue weighted by Crippen LogP contribution is 2.38. The van der Waals surface area contributed by atoms with Gasteiger partial charge in [0.1, 0.15) is 5.82 Å². The van der Waals surface area contributed by atoms with E-state index in [1.807, 2.05) is 12.1 Å². The Morgan fingerprint density at radius 1 is 1.17 bits per heavy atom. The normalized spacial score (nSPS) is 26.9. The highest BCUT2D eigenvalue weighted by atomic mass is 19.1. The topological polar surface area (TPSA) is 12.0 Å². The second kappa shape index (κ2) is 5.40. The maximum atomic E-state index is 13.6. The van der Waals surface area contributed by atoms with Gasteiger partial charge in [-0.3, -0.25) is 0 Å². The summed E-state index contributed by atoms with van der Waals surface area (Å²) in [6.45, 7) is 1.14. The largest absolute Gasteiger partial charge is 0.314 e. The molecule has 0 aromatic heterocycles. The maximum Gasteiger partial charge on any atom is 0.126 e. The van der Waals surface area contributed by atoms with Gasteiger partial charge in [0.15, 0.2) is 0 Å². The zero-order valence-electron chi connectivity index (χ0n) is 10.9. The molecule has 2 aliphatic rings. The highest BCUT2D eigenvalue weighted by molar-refractivity contribution is 5.24. The van der Waals surface area contributed by atoms with Crippen molar-refractivity contribution in [1.82, 2.24) is 5.32 Å². The van der Waals surface area contributed by atoms with Crippen LogP contribution in [0.3, 0.4) is 0 Å². The summed E-state index contributed by atoms with van der Waals surface area (Å²) in [6.07, 6.45) is 7.83. The third-order valence-electron chi connectivity index (χ3n) is 4.40. The van der Waals surface area contributed by atoms with E-state index in [-0.39, 0.29) is 5.82 Å². The molecule has 0 bridgehead atoms. The predicted octanol–water partition coefficient (Wildman–Crippen LogP) is 3.85. The van der Waals surface area contributed by atoms with Crippen LogP contribution in [0, 0.1) is 11.7 Å². The molecule has 2 fully saturated rings. The Morgan fingerprint density at radius 3 is 2.67 bits per heavy atom. The molecule has 0 radical (unpaired) electrons. The van der Waals surface area contributed by atoms with E-state index >= 15 is 0 Å². The van der Waals surface area contributed by atoms with Crippen molar-refractivity contribution in [3.63, 3.8) is 0 Å². The zero-order valence-corrected chi connectivity index (χ0v) is 10.9. The lowest BCUT2D eigenvalue weighted by Gasteiger charge is -2.36. The minimum atomic E-state index is -0.0327. The maximum absolute atomic E-state index is 13.6. The Balaban J connectivity index is 1.36. The van der Waals surface area contributed by atoms with Crippen molar-refractivity contribution >= 4 is 0 Å². The molecule has 0 atom stereocenters. The number of halogens is 1. The summed E-state index contributed by atoms with van der Waals surface area (Å²) in [6, 6.07) is 7.84. The predicted molar refractivity (Wildman–Crippen MR) is 72.1 cm³/mol. The van der Waals surface area contributed by atoms with Crippen LogP contribution in [-0.4, -0.2) is 12.6 Å². The van der Waals surface area contributed by atoms with Gasteiger partial charge in [-0.25, -0.2) is 4.39 Å². The summed E-state index contributed by atoms with van der Waals surface area (Å²) in [4.78, 5) is 0. The first-order valence-electron chi connectivity index (χ1n) is 7.30. The lowest BCUT2D eigenvalue weighted by molar-refractivity contribution is 0.284. The number of benzene rings is 1. The SMILES string of the molecule is Fc1ccccc1C1CC(NCCCC2CC2)C1. The van der Waals surface area contributed by atoms with Gasteiger partial charge in [0, 0.05) is 6.04 Å². The van der Waals surface area contributed by atoms with E-state index in [1.54, 1.807) is 12.1 Å². The van der Waals surface area contributed by atoms with Crippen molar-refractivity contribution in [2.75, 3.05) is 6.54 Å². The van der Waals surface area contributed by atoms with Crippen LogP contribution in [0.2, 0.25) is 0 Å². The van der Waals surface area contributed by atoms with E-state index in [9.17, 15) is 4.39 Å². The summed E-state index contributed by atoms with van der Waals surface area (Å²) < 4.78 is 13.6. The molecule has 18 heavy (non-hydrogen) atoms. The van der Waals surface area contributed by atoms with Crippen molar-refractivity contribution in [2.24, 2.45) is 5.92 Å². The molecule has 0 heterocycles. The van der Waals surface area contributed by atoms with E-state index in [1.165, 1.54) is 25.7 Å². The number of nitrogens with one attached hydrogen (secondary N) is 1. The molecule has 98 valence electrons. The van der Waals surface area contributed by atoms with Gasteiger partial charge in [-0.05, 0) is 55.7 Å². The van der Waals surface area contributed by atoms with Gasteiger partial charge in [0.05, 0.1) is 0 Å². The average Bonchev–Trinajstić information content (AvgIpc) is 3.12. The lowest BCUT2D eigenvalue weighted by atomic mass is 9.75. The van der Waals surface area contributed by atoms with Gasteiger partial charge in [-0.2, -0.15) is 0 Å². The van der Waals surface area contributed by atoms with Crippen LogP contribution in [-0.2, 0) is 0 Å². The molecule has 0 amide bonds. The molecule has 0 spiro atoms. The third-order valence-corrected chi connectivity index (χ3v) is 4.40. The van der Waals surface area contributed by atoms with E-state index in [2.05, 4.69) is 5.32 Å². The number of rotatable bonds is 6. The van der Waals surface area contributed by atoms with Crippen LogP contribution in [0.5, 0.6) is 0 Å². The Hall–Kier alpha value is -0.890. The third kappa shape index (κ3) is 2.92. The molecule has 2 saturated carbocycles. The quantitative estimate of drug-likeness (QED) is 0.753. The van der Waals surface area contributed by atoms with Crippen LogP contribution in [0.15, 0.2) is 24.3 Å². The van der Waals surface area contributed by atoms with Crippen molar-refractivity contribution < 1.29 is 4.39 Å². The average molecular weight is 247 g/mol. The molecule has 1 nitrogen and oxygen atoms in total. The summed E-state index contributed by atoms with van der Waals surface area (Å²) >= 11 is 0. The first-order valence-corrected chi connectivity index (χ1v) is 7.30. The smallest absolute Gasteiger partial charge is 0.126 e. The van der Waals surface area contributed by atoms with Crippen LogP contribution in [0.1, 0.15) is 50.0 Å². The number of hydrogen-bond acceptors (Lipinski definition) is 1. The van der Waals surface area contributed by atoms with Gasteiger partial charge in [0.2, 0.25) is 0 Å². The molecule has 2 aliphatic carbocycles. The first-order chi connectivity index (χ1) is 8.83. The van der Waals surface area contributed by atoms with Crippen molar-refractivity contribution in [3.05, 3.63) is 35.6 Å². The van der Waals surface area contributed by atoms with E-state index < -0.39 is 0 Å². The molecule has 3 rings (SSSR count). The van der Waals surface area contributed by atoms with Gasteiger partial charge >= 0.3 is 0 Å². The van der Waals surface area contributed by atoms with Gasteiger partial charge < -0.3 is 5.32 Å². The Morgan fingerprint density at radius 2 is 1.94 bits per heavy atom. The minimum Gasteiger partial charge on any atom is -0.314 e. The minimum absolute atomic E-state index is 0.0327. The molecule has 1 N–H and O–H groups in total. The highest BCUT2D eigenvalue weighted by Gasteiger charge is 2.31.